The molecule has 0 spiro atoms. The monoisotopic (exact) mass is 321 g/mol. The van der Waals surface area contributed by atoms with Crippen molar-refractivity contribution in [2.45, 2.75) is 6.92 Å². The maximum absolute atomic E-state index is 11.5. The average Bonchev–Trinajstić information content (AvgIpc) is 3.15. The van der Waals surface area contributed by atoms with Crippen molar-refractivity contribution in [2.75, 3.05) is 7.11 Å². The Bertz CT molecular complexity index is 1080. The van der Waals surface area contributed by atoms with Crippen molar-refractivity contribution >= 4 is 11.0 Å². The molecule has 0 unspecified atom stereocenters. The number of hydrogen-bond acceptors (Lipinski definition) is 4. The van der Waals surface area contributed by atoms with Gasteiger partial charge in [-0.2, -0.15) is 0 Å². The summed E-state index contributed by atoms with van der Waals surface area (Å²) < 4.78 is 5.46. The molecule has 3 aromatic heterocycles. The first-order valence-corrected chi connectivity index (χ1v) is 7.43. The third-order valence-corrected chi connectivity index (χ3v) is 3.91. The van der Waals surface area contributed by atoms with Crippen LogP contribution in [0, 0.1) is 6.92 Å². The zero-order valence-corrected chi connectivity index (χ0v) is 13.2. The van der Waals surface area contributed by atoms with Crippen LogP contribution in [-0.4, -0.2) is 32.0 Å². The zero-order chi connectivity index (χ0) is 16.7. The molecule has 0 radical (unpaired) electrons. The Balaban J connectivity index is 1.90. The summed E-state index contributed by atoms with van der Waals surface area (Å²) in [5.41, 5.74) is 4.62. The molecule has 0 aliphatic carbocycles. The smallest absolute Gasteiger partial charge is 0.323 e. The molecule has 1 aromatic carbocycles. The van der Waals surface area contributed by atoms with Crippen LogP contribution in [0.1, 0.15) is 5.69 Å². The topological polar surface area (TPSA) is 99.5 Å². The molecule has 0 aliphatic heterocycles. The molecule has 7 heteroatoms. The molecule has 120 valence electrons. The van der Waals surface area contributed by atoms with Gasteiger partial charge in [0, 0.05) is 29.7 Å². The second kappa shape index (κ2) is 5.38. The highest BCUT2D eigenvalue weighted by Crippen LogP contribution is 2.33. The molecule has 3 N–H and O–H groups in total. The molecular formula is C17H15N5O2. The van der Waals surface area contributed by atoms with E-state index in [1.165, 1.54) is 0 Å². The van der Waals surface area contributed by atoms with Crippen molar-refractivity contribution in [1.82, 2.24) is 24.9 Å². The standard InChI is InChI=1S/C17H15N5O2/c1-9-15(10-4-3-5-18-8-10)22-16(19-9)11-6-12-13(7-14(11)24-2)21-17(23)20-12/h3-8H,1-2H3,(H,19,22)(H2,20,21,23). The van der Waals surface area contributed by atoms with Gasteiger partial charge >= 0.3 is 5.69 Å². The van der Waals surface area contributed by atoms with E-state index >= 15 is 0 Å². The summed E-state index contributed by atoms with van der Waals surface area (Å²) in [6, 6.07) is 7.46. The number of hydrogen-bond donors (Lipinski definition) is 3. The Morgan fingerprint density at radius 3 is 2.62 bits per heavy atom. The largest absolute Gasteiger partial charge is 0.496 e. The second-order valence-electron chi connectivity index (χ2n) is 5.48. The van der Waals surface area contributed by atoms with E-state index in [2.05, 4.69) is 19.9 Å². The van der Waals surface area contributed by atoms with Gasteiger partial charge in [0.15, 0.2) is 0 Å². The van der Waals surface area contributed by atoms with E-state index < -0.39 is 0 Å². The molecule has 0 saturated heterocycles. The van der Waals surface area contributed by atoms with Crippen molar-refractivity contribution in [3.63, 3.8) is 0 Å². The number of rotatable bonds is 3. The van der Waals surface area contributed by atoms with Crippen LogP contribution in [0.15, 0.2) is 41.5 Å². The number of methoxy groups -OCH3 is 1. The lowest BCUT2D eigenvalue weighted by molar-refractivity contribution is 0.416. The van der Waals surface area contributed by atoms with E-state index in [0.717, 1.165) is 22.5 Å². The van der Waals surface area contributed by atoms with Gasteiger partial charge < -0.3 is 19.7 Å². The third-order valence-electron chi connectivity index (χ3n) is 3.91. The van der Waals surface area contributed by atoms with Gasteiger partial charge in [0.1, 0.15) is 11.6 Å². The van der Waals surface area contributed by atoms with Crippen LogP contribution >= 0.6 is 0 Å². The van der Waals surface area contributed by atoms with E-state index in [1.54, 1.807) is 25.6 Å². The highest BCUT2D eigenvalue weighted by molar-refractivity contribution is 5.85. The fourth-order valence-electron chi connectivity index (χ4n) is 2.79. The minimum absolute atomic E-state index is 0.254. The number of fused-ring (bicyclic) bond motifs is 1. The maximum Gasteiger partial charge on any atom is 0.323 e. The summed E-state index contributed by atoms with van der Waals surface area (Å²) in [6.45, 7) is 1.96. The fraction of sp³-hybridized carbons (Fsp3) is 0.118. The maximum atomic E-state index is 11.5. The Morgan fingerprint density at radius 1 is 1.12 bits per heavy atom. The number of pyridine rings is 1. The summed E-state index contributed by atoms with van der Waals surface area (Å²) in [4.78, 5) is 29.1. The number of aromatic nitrogens is 5. The summed E-state index contributed by atoms with van der Waals surface area (Å²) in [5, 5.41) is 0. The molecule has 0 aliphatic rings. The van der Waals surface area contributed by atoms with Gasteiger partial charge in [-0.3, -0.25) is 4.98 Å². The lowest BCUT2D eigenvalue weighted by atomic mass is 10.1. The molecule has 7 nitrogen and oxygen atoms in total. The molecule has 0 saturated carbocycles. The van der Waals surface area contributed by atoms with Crippen LogP contribution in [0.5, 0.6) is 5.75 Å². The zero-order valence-electron chi connectivity index (χ0n) is 13.2. The SMILES string of the molecule is COc1cc2[nH]c(=O)[nH]c2cc1-c1nc(-c2cccnc2)c(C)[nH]1. The van der Waals surface area contributed by atoms with E-state index in [9.17, 15) is 4.79 Å². The summed E-state index contributed by atoms with van der Waals surface area (Å²) >= 11 is 0. The van der Waals surface area contributed by atoms with Gasteiger partial charge in [0.2, 0.25) is 0 Å². The molecule has 0 amide bonds. The third kappa shape index (κ3) is 2.26. The van der Waals surface area contributed by atoms with Gasteiger partial charge in [-0.05, 0) is 25.1 Å². The Hall–Kier alpha value is -3.35. The van der Waals surface area contributed by atoms with Crippen molar-refractivity contribution < 1.29 is 4.74 Å². The van der Waals surface area contributed by atoms with E-state index in [4.69, 9.17) is 9.72 Å². The van der Waals surface area contributed by atoms with E-state index in [-0.39, 0.29) is 5.69 Å². The molecule has 4 aromatic rings. The number of H-pyrrole nitrogens is 3. The Morgan fingerprint density at radius 2 is 1.92 bits per heavy atom. The fourth-order valence-corrected chi connectivity index (χ4v) is 2.79. The van der Waals surface area contributed by atoms with Gasteiger partial charge in [0.25, 0.3) is 0 Å². The van der Waals surface area contributed by atoms with Crippen molar-refractivity contribution in [3.05, 3.63) is 52.8 Å². The molecule has 0 atom stereocenters. The van der Waals surface area contributed by atoms with Gasteiger partial charge in [-0.25, -0.2) is 9.78 Å². The number of aryl methyl sites for hydroxylation is 1. The van der Waals surface area contributed by atoms with Crippen molar-refractivity contribution in [3.8, 4) is 28.4 Å². The van der Waals surface area contributed by atoms with Crippen LogP contribution in [0.4, 0.5) is 0 Å². The molecule has 4 rings (SSSR count). The highest BCUT2D eigenvalue weighted by atomic mass is 16.5. The number of nitrogens with zero attached hydrogens (tertiary/aromatic N) is 2. The molecule has 3 heterocycles. The van der Waals surface area contributed by atoms with Gasteiger partial charge in [-0.15, -0.1) is 0 Å². The van der Waals surface area contributed by atoms with Crippen LogP contribution in [0.25, 0.3) is 33.7 Å². The first-order valence-electron chi connectivity index (χ1n) is 7.43. The highest BCUT2D eigenvalue weighted by Gasteiger charge is 2.16. The van der Waals surface area contributed by atoms with Crippen molar-refractivity contribution in [1.29, 1.82) is 0 Å². The number of nitrogens with one attached hydrogen (secondary N) is 3. The predicted octanol–water partition coefficient (Wildman–Crippen LogP) is 2.63. The number of imidazole rings is 2. The van der Waals surface area contributed by atoms with Crippen LogP contribution in [-0.2, 0) is 0 Å². The van der Waals surface area contributed by atoms with Gasteiger partial charge in [0.05, 0.1) is 29.4 Å². The quantitative estimate of drug-likeness (QED) is 0.540. The lowest BCUT2D eigenvalue weighted by Crippen LogP contribution is -1.99. The van der Waals surface area contributed by atoms with Gasteiger partial charge in [-0.1, -0.05) is 0 Å². The van der Waals surface area contributed by atoms with Crippen LogP contribution in [0.2, 0.25) is 0 Å². The molecule has 0 fully saturated rings. The van der Waals surface area contributed by atoms with E-state index in [0.29, 0.717) is 22.6 Å². The average molecular weight is 321 g/mol. The summed E-state index contributed by atoms with van der Waals surface area (Å²) in [7, 11) is 1.59. The van der Waals surface area contributed by atoms with Crippen molar-refractivity contribution in [2.24, 2.45) is 0 Å². The minimum atomic E-state index is -0.254. The number of aromatic amines is 3. The van der Waals surface area contributed by atoms with Crippen LogP contribution in [0.3, 0.4) is 0 Å². The molecule has 24 heavy (non-hydrogen) atoms. The number of ether oxygens (including phenoxy) is 1. The Kier molecular flexibility index (Phi) is 3.19. The normalized spacial score (nSPS) is 11.1. The predicted molar refractivity (Wildman–Crippen MR) is 91.0 cm³/mol. The lowest BCUT2D eigenvalue weighted by Gasteiger charge is -2.06. The van der Waals surface area contributed by atoms with Crippen LogP contribution < -0.4 is 10.4 Å². The van der Waals surface area contributed by atoms with E-state index in [1.807, 2.05) is 25.1 Å². The Labute approximate surface area is 136 Å². The first-order chi connectivity index (χ1) is 11.7. The summed E-state index contributed by atoms with van der Waals surface area (Å²) in [5.74, 6) is 1.30. The molecular weight excluding hydrogens is 306 g/mol. The number of benzene rings is 1. The minimum Gasteiger partial charge on any atom is -0.496 e. The first kappa shape index (κ1) is 14.3. The summed E-state index contributed by atoms with van der Waals surface area (Å²) in [6.07, 6.45) is 3.50. The second-order valence-corrected chi connectivity index (χ2v) is 5.48. The molecule has 0 bridgehead atoms.